The smallest absolute Gasteiger partial charge is 0.227 e. The van der Waals surface area contributed by atoms with Crippen LogP contribution < -0.4 is 4.90 Å². The lowest BCUT2D eigenvalue weighted by molar-refractivity contribution is 0.0975. The van der Waals surface area contributed by atoms with Crippen LogP contribution in [0.5, 0.6) is 0 Å². The van der Waals surface area contributed by atoms with Gasteiger partial charge in [0.25, 0.3) is 0 Å². The van der Waals surface area contributed by atoms with E-state index in [1.165, 1.54) is 6.07 Å². The van der Waals surface area contributed by atoms with Crippen LogP contribution in [0, 0.1) is 5.82 Å². The minimum Gasteiger partial charge on any atom is -0.376 e. The lowest BCUT2D eigenvalue weighted by Crippen LogP contribution is -2.25. The predicted molar refractivity (Wildman–Crippen MR) is 90.8 cm³/mol. The fourth-order valence-electron chi connectivity index (χ4n) is 3.48. The van der Waals surface area contributed by atoms with Gasteiger partial charge in [0.1, 0.15) is 5.82 Å². The van der Waals surface area contributed by atoms with Gasteiger partial charge in [0.2, 0.25) is 5.95 Å². The van der Waals surface area contributed by atoms with E-state index < -0.39 is 0 Å². The van der Waals surface area contributed by atoms with Gasteiger partial charge >= 0.3 is 0 Å². The minimum atomic E-state index is -0.378. The summed E-state index contributed by atoms with van der Waals surface area (Å²) in [6.07, 6.45) is 4.52. The van der Waals surface area contributed by atoms with E-state index in [0.717, 1.165) is 51.3 Å². The van der Waals surface area contributed by atoms with Crippen molar-refractivity contribution in [3.8, 4) is 11.4 Å². The Balaban J connectivity index is 1.74. The first-order valence-electron chi connectivity index (χ1n) is 8.47. The highest BCUT2D eigenvalue weighted by atomic mass is 35.5. The summed E-state index contributed by atoms with van der Waals surface area (Å²) in [6, 6.07) is 4.67. The average Bonchev–Trinajstić information content (AvgIpc) is 3.29. The number of nitrogens with zero attached hydrogens (tertiary/aromatic N) is 4. The van der Waals surface area contributed by atoms with E-state index in [1.54, 1.807) is 12.1 Å². The second-order valence-electron chi connectivity index (χ2n) is 6.39. The van der Waals surface area contributed by atoms with Gasteiger partial charge in [-0.05, 0) is 43.9 Å². The number of aromatic nitrogens is 3. The summed E-state index contributed by atoms with van der Waals surface area (Å²) in [7, 11) is 0. The molecule has 2 fully saturated rings. The predicted octanol–water partition coefficient (Wildman–Crippen LogP) is 3.52. The molecule has 128 valence electrons. The van der Waals surface area contributed by atoms with Gasteiger partial charge in [-0.25, -0.2) is 4.39 Å². The highest BCUT2D eigenvalue weighted by molar-refractivity contribution is 6.30. The van der Waals surface area contributed by atoms with Crippen molar-refractivity contribution in [2.24, 2.45) is 0 Å². The molecule has 1 aromatic carbocycles. The van der Waals surface area contributed by atoms with Crippen molar-refractivity contribution < 1.29 is 9.13 Å². The highest BCUT2D eigenvalue weighted by Crippen LogP contribution is 2.30. The van der Waals surface area contributed by atoms with Gasteiger partial charge in [-0.2, -0.15) is 0 Å². The molecular formula is C17H20ClFN4O. The van der Waals surface area contributed by atoms with E-state index >= 15 is 0 Å². The van der Waals surface area contributed by atoms with E-state index in [-0.39, 0.29) is 11.9 Å². The number of hydrogen-bond donors (Lipinski definition) is 0. The topological polar surface area (TPSA) is 43.2 Å². The van der Waals surface area contributed by atoms with Crippen LogP contribution in [0.3, 0.4) is 0 Å². The molecule has 0 spiro atoms. The lowest BCUT2D eigenvalue weighted by atomic mass is 10.2. The summed E-state index contributed by atoms with van der Waals surface area (Å²) in [5, 5.41) is 9.04. The number of anilines is 1. The standard InChI is InChI=1S/C17H20ClFN4O/c18-12-5-6-14(15(19)10-12)16-20-21-17(22-7-1-2-8-22)23(16)11-13-4-3-9-24-13/h5-6,10,13H,1-4,7-9,11H2. The van der Waals surface area contributed by atoms with Gasteiger partial charge in [-0.3, -0.25) is 4.57 Å². The van der Waals surface area contributed by atoms with Gasteiger partial charge in [0.15, 0.2) is 5.82 Å². The summed E-state index contributed by atoms with van der Waals surface area (Å²) in [5.74, 6) is 0.977. The van der Waals surface area contributed by atoms with Crippen LogP contribution in [-0.4, -0.2) is 40.6 Å². The maximum atomic E-state index is 14.4. The highest BCUT2D eigenvalue weighted by Gasteiger charge is 2.26. The molecule has 0 amide bonds. The number of halogens is 2. The van der Waals surface area contributed by atoms with E-state index in [1.807, 2.05) is 4.57 Å². The van der Waals surface area contributed by atoms with Gasteiger partial charge in [0.05, 0.1) is 18.2 Å². The van der Waals surface area contributed by atoms with E-state index in [9.17, 15) is 4.39 Å². The molecule has 5 nitrogen and oxygen atoms in total. The van der Waals surface area contributed by atoms with Crippen LogP contribution in [-0.2, 0) is 11.3 Å². The quantitative estimate of drug-likeness (QED) is 0.846. The molecule has 7 heteroatoms. The van der Waals surface area contributed by atoms with Crippen LogP contribution in [0.15, 0.2) is 18.2 Å². The van der Waals surface area contributed by atoms with Crippen molar-refractivity contribution in [3.05, 3.63) is 29.0 Å². The second-order valence-corrected chi connectivity index (χ2v) is 6.82. The van der Waals surface area contributed by atoms with Crippen LogP contribution in [0.4, 0.5) is 10.3 Å². The Morgan fingerprint density at radius 3 is 2.75 bits per heavy atom. The maximum Gasteiger partial charge on any atom is 0.227 e. The first-order chi connectivity index (χ1) is 11.7. The van der Waals surface area contributed by atoms with Crippen molar-refractivity contribution in [2.45, 2.75) is 38.3 Å². The number of hydrogen-bond acceptors (Lipinski definition) is 4. The van der Waals surface area contributed by atoms with Crippen molar-refractivity contribution in [2.75, 3.05) is 24.6 Å². The van der Waals surface area contributed by atoms with E-state index in [2.05, 4.69) is 15.1 Å². The lowest BCUT2D eigenvalue weighted by Gasteiger charge is -2.20. The number of rotatable bonds is 4. The first-order valence-corrected chi connectivity index (χ1v) is 8.85. The monoisotopic (exact) mass is 350 g/mol. The Hall–Kier alpha value is -1.66. The molecule has 2 aromatic rings. The Morgan fingerprint density at radius 1 is 1.21 bits per heavy atom. The number of ether oxygens (including phenoxy) is 1. The van der Waals surface area contributed by atoms with Crippen molar-refractivity contribution in [1.29, 1.82) is 0 Å². The summed E-state index contributed by atoms with van der Waals surface area (Å²) in [4.78, 5) is 2.22. The Labute approximate surface area is 145 Å². The van der Waals surface area contributed by atoms with Gasteiger partial charge in [0, 0.05) is 24.7 Å². The minimum absolute atomic E-state index is 0.136. The molecule has 24 heavy (non-hydrogen) atoms. The SMILES string of the molecule is Fc1cc(Cl)ccc1-c1nnc(N2CCCC2)n1CC1CCCO1. The Bertz CT molecular complexity index is 723. The van der Waals surface area contributed by atoms with Crippen molar-refractivity contribution in [1.82, 2.24) is 14.8 Å². The third-order valence-corrected chi connectivity index (χ3v) is 4.94. The second kappa shape index (κ2) is 6.69. The zero-order valence-corrected chi connectivity index (χ0v) is 14.2. The third kappa shape index (κ3) is 3.00. The average molecular weight is 351 g/mol. The third-order valence-electron chi connectivity index (χ3n) is 4.70. The van der Waals surface area contributed by atoms with Crippen molar-refractivity contribution in [3.63, 3.8) is 0 Å². The molecule has 1 aromatic heterocycles. The van der Waals surface area contributed by atoms with Crippen molar-refractivity contribution >= 4 is 17.5 Å². The van der Waals surface area contributed by atoms with Crippen LogP contribution in [0.25, 0.3) is 11.4 Å². The summed E-state index contributed by atoms with van der Waals surface area (Å²) >= 11 is 5.88. The van der Waals surface area contributed by atoms with Gasteiger partial charge in [-0.1, -0.05) is 11.6 Å². The Morgan fingerprint density at radius 2 is 2.04 bits per heavy atom. The molecule has 0 saturated carbocycles. The zero-order chi connectivity index (χ0) is 16.5. The molecule has 4 rings (SSSR count). The molecule has 0 aliphatic carbocycles. The normalized spacial score (nSPS) is 20.9. The molecule has 2 aliphatic rings. The molecule has 0 radical (unpaired) electrons. The molecule has 2 aliphatic heterocycles. The fraction of sp³-hybridized carbons (Fsp3) is 0.529. The summed E-state index contributed by atoms with van der Waals surface area (Å²) < 4.78 is 22.2. The summed E-state index contributed by atoms with van der Waals surface area (Å²) in [5.41, 5.74) is 0.426. The van der Waals surface area contributed by atoms with Crippen LogP contribution >= 0.6 is 11.6 Å². The molecular weight excluding hydrogens is 331 g/mol. The molecule has 3 heterocycles. The maximum absolute atomic E-state index is 14.4. The fourth-order valence-corrected chi connectivity index (χ4v) is 3.63. The zero-order valence-electron chi connectivity index (χ0n) is 13.4. The molecule has 0 N–H and O–H groups in total. The van der Waals surface area contributed by atoms with Gasteiger partial charge < -0.3 is 9.64 Å². The van der Waals surface area contributed by atoms with E-state index in [4.69, 9.17) is 16.3 Å². The molecule has 2 saturated heterocycles. The summed E-state index contributed by atoms with van der Waals surface area (Å²) in [6.45, 7) is 3.37. The first kappa shape index (κ1) is 15.8. The molecule has 1 atom stereocenters. The van der Waals surface area contributed by atoms with E-state index in [0.29, 0.717) is 23.0 Å². The molecule has 1 unspecified atom stereocenters. The van der Waals surface area contributed by atoms with Gasteiger partial charge in [-0.15, -0.1) is 10.2 Å². The molecule has 0 bridgehead atoms. The number of benzene rings is 1. The van der Waals surface area contributed by atoms with Crippen LogP contribution in [0.2, 0.25) is 5.02 Å². The Kier molecular flexibility index (Phi) is 4.41. The van der Waals surface area contributed by atoms with Crippen LogP contribution in [0.1, 0.15) is 25.7 Å². The largest absolute Gasteiger partial charge is 0.376 e.